The van der Waals surface area contributed by atoms with Gasteiger partial charge in [-0.15, -0.1) is 0 Å². The Hall–Kier alpha value is -0.260. The van der Waals surface area contributed by atoms with E-state index >= 15 is 0 Å². The molecule has 0 unspecified atom stereocenters. The number of alkyl carbamates (subject to hydrolysis) is 1. The summed E-state index contributed by atoms with van der Waals surface area (Å²) in [6.07, 6.45) is 4.02. The lowest BCUT2D eigenvalue weighted by molar-refractivity contribution is 0.162. The Morgan fingerprint density at radius 3 is 2.50 bits per heavy atom. The van der Waals surface area contributed by atoms with Crippen molar-refractivity contribution in [1.82, 2.24) is 5.32 Å². The van der Waals surface area contributed by atoms with Crippen LogP contribution in [0.1, 0.15) is 13.8 Å². The third-order valence-electron chi connectivity index (χ3n) is 2.60. The third kappa shape index (κ3) is 2.62. The van der Waals surface area contributed by atoms with Gasteiger partial charge in [-0.25, -0.2) is 4.79 Å². The molecule has 14 heavy (non-hydrogen) atoms. The van der Waals surface area contributed by atoms with E-state index in [1.807, 2.05) is 0 Å². The number of carbonyl (C=O) groups excluding carboxylic acids is 1. The summed E-state index contributed by atoms with van der Waals surface area (Å²) in [7, 11) is 1.39. The van der Waals surface area contributed by atoms with Gasteiger partial charge in [0.25, 0.3) is 0 Å². The van der Waals surface area contributed by atoms with Gasteiger partial charge >= 0.3 is 6.09 Å². The molecule has 0 aliphatic heterocycles. The molecule has 1 aliphatic rings. The van der Waals surface area contributed by atoms with Gasteiger partial charge in [0.05, 0.1) is 13.2 Å². The van der Waals surface area contributed by atoms with E-state index in [-0.39, 0.29) is 12.1 Å². The first-order chi connectivity index (χ1) is 6.56. The number of amides is 1. The highest BCUT2D eigenvalue weighted by Crippen LogP contribution is 2.28. The predicted octanol–water partition coefficient (Wildman–Crippen LogP) is 2.36. The number of ether oxygens (including phenoxy) is 1. The molecule has 4 heteroatoms. The first-order valence-corrected chi connectivity index (χ1v) is 5.97. The molecule has 0 spiro atoms. The predicted molar refractivity (Wildman–Crippen MR) is 64.6 cm³/mol. The van der Waals surface area contributed by atoms with Gasteiger partial charge in [-0.3, -0.25) is 0 Å². The Labute approximate surface area is 98.4 Å². The summed E-state index contributed by atoms with van der Waals surface area (Å²) >= 11 is 2.39. The highest BCUT2D eigenvalue weighted by atomic mass is 127. The summed E-state index contributed by atoms with van der Waals surface area (Å²) in [6, 6.07) is 0.169. The van der Waals surface area contributed by atoms with E-state index in [4.69, 9.17) is 0 Å². The number of carbonyl (C=O) groups is 1. The summed E-state index contributed by atoms with van der Waals surface area (Å²) in [5.41, 5.74) is 0. The van der Waals surface area contributed by atoms with Crippen molar-refractivity contribution in [2.45, 2.75) is 23.8 Å². The molecule has 0 bridgehead atoms. The fraction of sp³-hybridized carbons (Fsp3) is 0.700. The van der Waals surface area contributed by atoms with Gasteiger partial charge in [0, 0.05) is 3.92 Å². The van der Waals surface area contributed by atoms with Crippen LogP contribution >= 0.6 is 22.6 Å². The number of rotatable bonds is 1. The first kappa shape index (κ1) is 11.8. The van der Waals surface area contributed by atoms with Crippen LogP contribution < -0.4 is 5.32 Å². The lowest BCUT2D eigenvalue weighted by Gasteiger charge is -2.33. The molecular formula is C10H16INO2. The number of halogens is 1. The van der Waals surface area contributed by atoms with Crippen molar-refractivity contribution in [2.75, 3.05) is 7.11 Å². The number of allylic oxidation sites excluding steroid dienone is 1. The minimum atomic E-state index is -0.342. The molecule has 3 nitrogen and oxygen atoms in total. The van der Waals surface area contributed by atoms with E-state index in [1.165, 1.54) is 7.11 Å². The fourth-order valence-corrected chi connectivity index (χ4v) is 2.67. The van der Waals surface area contributed by atoms with Crippen molar-refractivity contribution in [1.29, 1.82) is 0 Å². The number of hydrogen-bond acceptors (Lipinski definition) is 2. The second-order valence-corrected chi connectivity index (χ2v) is 5.15. The van der Waals surface area contributed by atoms with Crippen LogP contribution in [-0.2, 0) is 4.74 Å². The Kier molecular flexibility index (Phi) is 4.22. The van der Waals surface area contributed by atoms with Crippen LogP contribution in [-0.4, -0.2) is 23.2 Å². The van der Waals surface area contributed by atoms with Crippen LogP contribution in [0.25, 0.3) is 0 Å². The zero-order chi connectivity index (χ0) is 10.7. The highest BCUT2D eigenvalue weighted by molar-refractivity contribution is 14.1. The maximum Gasteiger partial charge on any atom is 0.407 e. The second-order valence-electron chi connectivity index (χ2n) is 3.71. The van der Waals surface area contributed by atoms with E-state index in [1.54, 1.807) is 0 Å². The van der Waals surface area contributed by atoms with Crippen molar-refractivity contribution >= 4 is 28.7 Å². The van der Waals surface area contributed by atoms with Gasteiger partial charge < -0.3 is 10.1 Å². The zero-order valence-corrected chi connectivity index (χ0v) is 10.8. The standard InChI is InChI=1S/C10H16INO2/c1-6-4-5-7(2)9(8(6)11)12-10(13)14-3/h4-9H,1-3H3,(H,12,13)/t6-,7+,8+,9-/m1/s1. The van der Waals surface area contributed by atoms with Gasteiger partial charge in [0.1, 0.15) is 0 Å². The lowest BCUT2D eigenvalue weighted by Crippen LogP contribution is -2.48. The Balaban J connectivity index is 2.66. The van der Waals surface area contributed by atoms with Crippen molar-refractivity contribution in [3.63, 3.8) is 0 Å². The molecule has 0 fully saturated rings. The molecule has 80 valence electrons. The lowest BCUT2D eigenvalue weighted by atomic mass is 9.86. The minimum Gasteiger partial charge on any atom is -0.453 e. The molecule has 0 heterocycles. The smallest absolute Gasteiger partial charge is 0.407 e. The molecule has 0 saturated carbocycles. The highest BCUT2D eigenvalue weighted by Gasteiger charge is 2.31. The molecule has 1 rings (SSSR count). The first-order valence-electron chi connectivity index (χ1n) is 4.73. The largest absolute Gasteiger partial charge is 0.453 e. The molecule has 1 amide bonds. The van der Waals surface area contributed by atoms with Crippen LogP contribution in [0.4, 0.5) is 4.79 Å². The summed E-state index contributed by atoms with van der Waals surface area (Å²) in [5, 5.41) is 2.88. The summed E-state index contributed by atoms with van der Waals surface area (Å²) in [4.78, 5) is 11.1. The maximum atomic E-state index is 11.1. The van der Waals surface area contributed by atoms with Crippen molar-refractivity contribution in [3.8, 4) is 0 Å². The monoisotopic (exact) mass is 309 g/mol. The van der Waals surface area contributed by atoms with Crippen molar-refractivity contribution in [2.24, 2.45) is 11.8 Å². The van der Waals surface area contributed by atoms with Crippen LogP contribution in [0.3, 0.4) is 0 Å². The quantitative estimate of drug-likeness (QED) is 0.459. The molecule has 0 radical (unpaired) electrons. The normalized spacial score (nSPS) is 36.6. The van der Waals surface area contributed by atoms with Gasteiger partial charge in [0.2, 0.25) is 0 Å². The zero-order valence-electron chi connectivity index (χ0n) is 8.66. The molecule has 0 saturated heterocycles. The maximum absolute atomic E-state index is 11.1. The van der Waals surface area contributed by atoms with Crippen molar-refractivity contribution < 1.29 is 9.53 Å². The number of hydrogen-bond donors (Lipinski definition) is 1. The molecule has 1 N–H and O–H groups in total. The van der Waals surface area contributed by atoms with Gasteiger partial charge in [-0.1, -0.05) is 48.6 Å². The Morgan fingerprint density at radius 2 is 1.93 bits per heavy atom. The van der Waals surface area contributed by atoms with Crippen molar-refractivity contribution in [3.05, 3.63) is 12.2 Å². The average Bonchev–Trinajstić information content (AvgIpc) is 2.18. The van der Waals surface area contributed by atoms with E-state index < -0.39 is 0 Å². The molecule has 0 aromatic carbocycles. The average molecular weight is 309 g/mol. The Bertz CT molecular complexity index is 242. The van der Waals surface area contributed by atoms with E-state index in [0.29, 0.717) is 15.8 Å². The van der Waals surface area contributed by atoms with Crippen LogP contribution in [0.15, 0.2) is 12.2 Å². The number of nitrogens with one attached hydrogen (secondary N) is 1. The summed E-state index contributed by atoms with van der Waals surface area (Å²) < 4.78 is 5.03. The molecular weight excluding hydrogens is 293 g/mol. The molecule has 0 aromatic rings. The SMILES string of the molecule is COC(=O)N[C@H]1[C@@H](I)[C@H](C)C=C[C@@H]1C. The van der Waals surface area contributed by atoms with Gasteiger partial charge in [-0.2, -0.15) is 0 Å². The van der Waals surface area contributed by atoms with Crippen LogP contribution in [0.2, 0.25) is 0 Å². The van der Waals surface area contributed by atoms with Crippen LogP contribution in [0.5, 0.6) is 0 Å². The number of alkyl halides is 1. The van der Waals surface area contributed by atoms with E-state index in [9.17, 15) is 4.79 Å². The fourth-order valence-electron chi connectivity index (χ4n) is 1.60. The number of methoxy groups -OCH3 is 1. The molecule has 1 aliphatic carbocycles. The topological polar surface area (TPSA) is 38.3 Å². The van der Waals surface area contributed by atoms with Gasteiger partial charge in [-0.05, 0) is 11.8 Å². The molecule has 0 aromatic heterocycles. The van der Waals surface area contributed by atoms with E-state index in [0.717, 1.165) is 0 Å². The summed E-state index contributed by atoms with van der Waals surface area (Å²) in [6.45, 7) is 4.26. The van der Waals surface area contributed by atoms with Crippen LogP contribution in [0, 0.1) is 11.8 Å². The third-order valence-corrected chi connectivity index (χ3v) is 4.51. The second kappa shape index (κ2) is 5.00. The minimum absolute atomic E-state index is 0.169. The molecule has 4 atom stereocenters. The van der Waals surface area contributed by atoms with Gasteiger partial charge in [0.15, 0.2) is 0 Å². The summed E-state index contributed by atoms with van der Waals surface area (Å²) in [5.74, 6) is 0.862. The Morgan fingerprint density at radius 1 is 1.36 bits per heavy atom. The van der Waals surface area contributed by atoms with E-state index in [2.05, 4.69) is 58.6 Å².